The number of amides is 1. The Morgan fingerprint density at radius 3 is 2.40 bits per heavy atom. The van der Waals surface area contributed by atoms with Gasteiger partial charge in [-0.25, -0.2) is 0 Å². The highest BCUT2D eigenvalue weighted by atomic mass is 32.2. The number of rotatable bonds is 4. The van der Waals surface area contributed by atoms with Crippen molar-refractivity contribution in [1.82, 2.24) is 0 Å². The van der Waals surface area contributed by atoms with Crippen LogP contribution in [0.5, 0.6) is 5.75 Å². The van der Waals surface area contributed by atoms with Crippen molar-refractivity contribution in [3.05, 3.63) is 30.3 Å². The molecule has 0 spiro atoms. The van der Waals surface area contributed by atoms with Gasteiger partial charge in [-0.05, 0) is 18.4 Å². The molecule has 0 fully saturated rings. The molecule has 0 aromatic heterocycles. The largest absolute Gasteiger partial charge is 0.472 e. The molecule has 0 saturated carbocycles. The smallest absolute Gasteiger partial charge is 0.267 e. The molecule has 1 amide bonds. The van der Waals surface area contributed by atoms with Crippen molar-refractivity contribution in [2.45, 2.75) is 6.10 Å². The molecule has 2 N–H and O–H groups in total. The maximum atomic E-state index is 11.3. The summed E-state index contributed by atoms with van der Waals surface area (Å²) in [6, 6.07) is 8.61. The van der Waals surface area contributed by atoms with Gasteiger partial charge in [0.05, 0.1) is 0 Å². The zero-order chi connectivity index (χ0) is 11.3. The van der Waals surface area contributed by atoms with Crippen LogP contribution in [0, 0.1) is 0 Å². The van der Waals surface area contributed by atoms with Crippen LogP contribution in [0.15, 0.2) is 30.3 Å². The molecule has 0 bridgehead atoms. The van der Waals surface area contributed by atoms with Crippen molar-refractivity contribution in [3.8, 4) is 5.75 Å². The Balaban J connectivity index is 2.76. The van der Waals surface area contributed by atoms with Crippen LogP contribution in [0.2, 0.25) is 0 Å². The number of hydrogen-bond acceptors (Lipinski definition) is 4. The van der Waals surface area contributed by atoms with Gasteiger partial charge in [0.2, 0.25) is 11.2 Å². The summed E-state index contributed by atoms with van der Waals surface area (Å²) >= 11 is 0.916. The maximum Gasteiger partial charge on any atom is 0.267 e. The van der Waals surface area contributed by atoms with Crippen LogP contribution in [-0.2, 0) is 9.59 Å². The molecule has 0 aliphatic heterocycles. The summed E-state index contributed by atoms with van der Waals surface area (Å²) in [5, 5.41) is -0.397. The molecule has 0 aliphatic rings. The average molecular weight is 225 g/mol. The van der Waals surface area contributed by atoms with Gasteiger partial charge in [-0.15, -0.1) is 0 Å². The fourth-order valence-corrected chi connectivity index (χ4v) is 1.34. The SMILES string of the molecule is CSC(=O)C(Oc1ccccc1)C(N)=O. The van der Waals surface area contributed by atoms with Gasteiger partial charge in [0.15, 0.2) is 0 Å². The summed E-state index contributed by atoms with van der Waals surface area (Å²) < 4.78 is 5.18. The van der Waals surface area contributed by atoms with E-state index < -0.39 is 17.1 Å². The van der Waals surface area contributed by atoms with Crippen molar-refractivity contribution < 1.29 is 14.3 Å². The zero-order valence-electron chi connectivity index (χ0n) is 8.17. The molecule has 0 aliphatic carbocycles. The Kier molecular flexibility index (Phi) is 4.17. The quantitative estimate of drug-likeness (QED) is 0.770. The lowest BCUT2D eigenvalue weighted by Gasteiger charge is -2.13. The van der Waals surface area contributed by atoms with E-state index in [1.54, 1.807) is 30.5 Å². The molecule has 1 aromatic rings. The number of primary amides is 1. The summed E-state index contributed by atoms with van der Waals surface area (Å²) in [5.74, 6) is -0.332. The Bertz CT molecular complexity index is 353. The minimum Gasteiger partial charge on any atom is -0.472 e. The second-order valence-corrected chi connectivity index (χ2v) is 3.55. The number of carbonyl (C=O) groups excluding carboxylic acids is 2. The normalized spacial score (nSPS) is 11.8. The highest BCUT2D eigenvalue weighted by Gasteiger charge is 2.25. The van der Waals surface area contributed by atoms with Crippen molar-refractivity contribution >= 4 is 22.8 Å². The van der Waals surface area contributed by atoms with Crippen LogP contribution < -0.4 is 10.5 Å². The van der Waals surface area contributed by atoms with Gasteiger partial charge >= 0.3 is 0 Å². The van der Waals surface area contributed by atoms with Crippen LogP contribution in [0.25, 0.3) is 0 Å². The molecular formula is C10H11NO3S. The molecule has 80 valence electrons. The summed E-state index contributed by atoms with van der Waals surface area (Å²) in [5.41, 5.74) is 5.06. The highest BCUT2D eigenvalue weighted by Crippen LogP contribution is 2.13. The van der Waals surface area contributed by atoms with Crippen molar-refractivity contribution in [1.29, 1.82) is 0 Å². The van der Waals surface area contributed by atoms with E-state index in [1.165, 1.54) is 0 Å². The molecule has 5 heteroatoms. The maximum absolute atomic E-state index is 11.3. The number of benzene rings is 1. The standard InChI is InChI=1S/C10H11NO3S/c1-15-10(13)8(9(11)12)14-7-5-3-2-4-6-7/h2-6,8H,1H3,(H2,11,12). The first-order valence-corrected chi connectivity index (χ1v) is 5.46. The number of hydrogen-bond donors (Lipinski definition) is 1. The second-order valence-electron chi connectivity index (χ2n) is 2.74. The minimum atomic E-state index is -1.22. The fraction of sp³-hybridized carbons (Fsp3) is 0.200. The van der Waals surface area contributed by atoms with Gasteiger partial charge in [0.25, 0.3) is 5.91 Å². The van der Waals surface area contributed by atoms with Gasteiger partial charge in [0, 0.05) is 0 Å². The van der Waals surface area contributed by atoms with Crippen LogP contribution in [0.1, 0.15) is 0 Å². The predicted molar refractivity (Wildman–Crippen MR) is 58.6 cm³/mol. The molecule has 1 aromatic carbocycles. The average Bonchev–Trinajstić information content (AvgIpc) is 2.26. The van der Waals surface area contributed by atoms with E-state index in [0.717, 1.165) is 11.8 Å². The number of thioether (sulfide) groups is 1. The van der Waals surface area contributed by atoms with Crippen LogP contribution in [-0.4, -0.2) is 23.4 Å². The fourth-order valence-electron chi connectivity index (χ4n) is 0.965. The monoisotopic (exact) mass is 225 g/mol. The zero-order valence-corrected chi connectivity index (χ0v) is 8.99. The molecule has 1 unspecified atom stereocenters. The second kappa shape index (κ2) is 5.41. The topological polar surface area (TPSA) is 69.4 Å². The molecular weight excluding hydrogens is 214 g/mol. The van der Waals surface area contributed by atoms with E-state index in [4.69, 9.17) is 10.5 Å². The Morgan fingerprint density at radius 1 is 1.33 bits per heavy atom. The first kappa shape index (κ1) is 11.6. The molecule has 0 radical (unpaired) electrons. The highest BCUT2D eigenvalue weighted by molar-refractivity contribution is 8.13. The third-order valence-corrected chi connectivity index (χ3v) is 2.29. The summed E-state index contributed by atoms with van der Waals surface area (Å²) in [6.45, 7) is 0. The summed E-state index contributed by atoms with van der Waals surface area (Å²) in [7, 11) is 0. The van der Waals surface area contributed by atoms with E-state index in [9.17, 15) is 9.59 Å². The van der Waals surface area contributed by atoms with Crippen molar-refractivity contribution in [2.75, 3.05) is 6.26 Å². The van der Waals surface area contributed by atoms with Gasteiger partial charge < -0.3 is 10.5 Å². The third kappa shape index (κ3) is 3.28. The number of carbonyl (C=O) groups is 2. The number of nitrogens with two attached hydrogens (primary N) is 1. The van der Waals surface area contributed by atoms with Gasteiger partial charge in [-0.3, -0.25) is 9.59 Å². The van der Waals surface area contributed by atoms with E-state index in [1.807, 2.05) is 6.07 Å². The molecule has 4 nitrogen and oxygen atoms in total. The number of ether oxygens (including phenoxy) is 1. The molecule has 0 saturated heterocycles. The van der Waals surface area contributed by atoms with E-state index >= 15 is 0 Å². The van der Waals surface area contributed by atoms with Gasteiger partial charge in [-0.2, -0.15) is 0 Å². The van der Waals surface area contributed by atoms with E-state index in [0.29, 0.717) is 5.75 Å². The molecule has 1 rings (SSSR count). The first-order chi connectivity index (χ1) is 7.15. The van der Waals surface area contributed by atoms with E-state index in [-0.39, 0.29) is 0 Å². The lowest BCUT2D eigenvalue weighted by Crippen LogP contribution is -2.39. The van der Waals surface area contributed by atoms with Crippen molar-refractivity contribution in [2.24, 2.45) is 5.73 Å². The van der Waals surface area contributed by atoms with Crippen molar-refractivity contribution in [3.63, 3.8) is 0 Å². The minimum absolute atomic E-state index is 0.397. The Hall–Kier alpha value is -1.49. The third-order valence-electron chi connectivity index (χ3n) is 1.67. The summed E-state index contributed by atoms with van der Waals surface area (Å²) in [4.78, 5) is 22.3. The Morgan fingerprint density at radius 2 is 1.93 bits per heavy atom. The Labute approximate surface area is 91.8 Å². The lowest BCUT2D eigenvalue weighted by atomic mass is 10.3. The molecule has 1 atom stereocenters. The first-order valence-electron chi connectivity index (χ1n) is 4.24. The van der Waals surface area contributed by atoms with Gasteiger partial charge in [0.1, 0.15) is 5.75 Å². The van der Waals surface area contributed by atoms with Crippen LogP contribution in [0.4, 0.5) is 0 Å². The summed E-state index contributed by atoms with van der Waals surface area (Å²) in [6.07, 6.45) is 0.356. The lowest BCUT2D eigenvalue weighted by molar-refractivity contribution is -0.131. The predicted octanol–water partition coefficient (Wildman–Crippen LogP) is 0.809. The van der Waals surface area contributed by atoms with Gasteiger partial charge in [-0.1, -0.05) is 30.0 Å². The van der Waals surface area contributed by atoms with E-state index in [2.05, 4.69) is 0 Å². The van der Waals surface area contributed by atoms with Crippen LogP contribution in [0.3, 0.4) is 0 Å². The molecule has 15 heavy (non-hydrogen) atoms. The molecule has 0 heterocycles. The van der Waals surface area contributed by atoms with Crippen LogP contribution >= 0.6 is 11.8 Å². The number of para-hydroxylation sites is 1.